The molecule has 1 atom stereocenters. The van der Waals surface area contributed by atoms with Gasteiger partial charge in [-0.3, -0.25) is 0 Å². The smallest absolute Gasteiger partial charge is 0.139 e. The van der Waals surface area contributed by atoms with Gasteiger partial charge >= 0.3 is 0 Å². The van der Waals surface area contributed by atoms with Crippen molar-refractivity contribution in [1.29, 1.82) is 0 Å². The first kappa shape index (κ1) is 8.35. The Bertz CT molecular complexity index is 327. The normalized spacial score (nSPS) is 20.4. The van der Waals surface area contributed by atoms with Crippen molar-refractivity contribution < 1.29 is 9.84 Å². The number of hydrogen-bond donors (Lipinski definition) is 1. The van der Waals surface area contributed by atoms with Crippen molar-refractivity contribution in [3.63, 3.8) is 0 Å². The van der Waals surface area contributed by atoms with E-state index in [1.54, 1.807) is 12.1 Å². The van der Waals surface area contributed by atoms with Gasteiger partial charge in [0.05, 0.1) is 4.47 Å². The number of hydrogen-bond acceptors (Lipinski definition) is 2. The van der Waals surface area contributed by atoms with E-state index in [4.69, 9.17) is 16.3 Å². The standard InChI is InChI=1S/C8H6BrClO2/c9-6-2-4(10)1-5-7(11)3-12-8(5)6/h1-2,7,11H,3H2. The molecule has 1 aromatic carbocycles. The highest BCUT2D eigenvalue weighted by molar-refractivity contribution is 9.10. The van der Waals surface area contributed by atoms with E-state index in [9.17, 15) is 5.11 Å². The first-order valence-corrected chi connectivity index (χ1v) is 4.65. The molecule has 4 heteroatoms. The van der Waals surface area contributed by atoms with Crippen molar-refractivity contribution in [3.8, 4) is 5.75 Å². The third-order valence-electron chi connectivity index (χ3n) is 1.78. The van der Waals surface area contributed by atoms with E-state index < -0.39 is 6.10 Å². The Kier molecular flexibility index (Phi) is 2.02. The van der Waals surface area contributed by atoms with Crippen molar-refractivity contribution in [2.45, 2.75) is 6.10 Å². The topological polar surface area (TPSA) is 29.5 Å². The maximum Gasteiger partial charge on any atom is 0.139 e. The summed E-state index contributed by atoms with van der Waals surface area (Å²) in [7, 11) is 0. The van der Waals surface area contributed by atoms with E-state index in [1.807, 2.05) is 0 Å². The lowest BCUT2D eigenvalue weighted by atomic mass is 10.1. The molecule has 0 aromatic heterocycles. The van der Waals surface area contributed by atoms with Gasteiger partial charge in [-0.15, -0.1) is 0 Å². The molecule has 1 heterocycles. The third-order valence-corrected chi connectivity index (χ3v) is 2.59. The lowest BCUT2D eigenvalue weighted by molar-refractivity contribution is 0.140. The van der Waals surface area contributed by atoms with Crippen molar-refractivity contribution >= 4 is 27.5 Å². The zero-order chi connectivity index (χ0) is 8.72. The molecule has 0 aliphatic carbocycles. The van der Waals surface area contributed by atoms with Crippen molar-refractivity contribution in [1.82, 2.24) is 0 Å². The van der Waals surface area contributed by atoms with Gasteiger partial charge in [-0.2, -0.15) is 0 Å². The molecule has 0 fully saturated rings. The van der Waals surface area contributed by atoms with Gasteiger partial charge in [0, 0.05) is 10.6 Å². The quantitative estimate of drug-likeness (QED) is 0.766. The van der Waals surface area contributed by atoms with Crippen molar-refractivity contribution in [2.75, 3.05) is 6.61 Å². The summed E-state index contributed by atoms with van der Waals surface area (Å²) in [4.78, 5) is 0. The van der Waals surface area contributed by atoms with Gasteiger partial charge in [0.2, 0.25) is 0 Å². The van der Waals surface area contributed by atoms with Crippen LogP contribution in [0.3, 0.4) is 0 Å². The van der Waals surface area contributed by atoms with Crippen LogP contribution in [0.1, 0.15) is 11.7 Å². The Balaban J connectivity index is 2.60. The van der Waals surface area contributed by atoms with Crippen LogP contribution in [0.25, 0.3) is 0 Å². The minimum atomic E-state index is -0.546. The molecular formula is C8H6BrClO2. The average molecular weight is 249 g/mol. The molecule has 64 valence electrons. The molecule has 0 spiro atoms. The fraction of sp³-hybridized carbons (Fsp3) is 0.250. The van der Waals surface area contributed by atoms with Gasteiger partial charge < -0.3 is 9.84 Å². The summed E-state index contributed by atoms with van der Waals surface area (Å²) >= 11 is 9.10. The highest BCUT2D eigenvalue weighted by Crippen LogP contribution is 2.40. The van der Waals surface area contributed by atoms with Crippen LogP contribution in [0.4, 0.5) is 0 Å². The van der Waals surface area contributed by atoms with Gasteiger partial charge in [0.15, 0.2) is 0 Å². The number of rotatable bonds is 0. The summed E-state index contributed by atoms with van der Waals surface area (Å²) in [5, 5.41) is 10.0. The van der Waals surface area contributed by atoms with Gasteiger partial charge in [-0.05, 0) is 28.1 Å². The minimum absolute atomic E-state index is 0.314. The number of benzene rings is 1. The zero-order valence-corrected chi connectivity index (χ0v) is 8.39. The number of aliphatic hydroxyl groups excluding tert-OH is 1. The Morgan fingerprint density at radius 1 is 1.58 bits per heavy atom. The summed E-state index contributed by atoms with van der Waals surface area (Å²) in [6.45, 7) is 0.314. The van der Waals surface area contributed by atoms with E-state index in [2.05, 4.69) is 15.9 Å². The molecule has 1 aliphatic rings. The molecule has 0 saturated carbocycles. The highest BCUT2D eigenvalue weighted by Gasteiger charge is 2.24. The highest BCUT2D eigenvalue weighted by atomic mass is 79.9. The second-order valence-corrected chi connectivity index (χ2v) is 3.92. The maximum atomic E-state index is 9.43. The molecule has 1 unspecified atom stereocenters. The van der Waals surface area contributed by atoms with Crippen molar-refractivity contribution in [2.24, 2.45) is 0 Å². The number of aliphatic hydroxyl groups is 1. The SMILES string of the molecule is OC1COc2c(Br)cc(Cl)cc21. The molecule has 0 radical (unpaired) electrons. The molecule has 1 aliphatic heterocycles. The van der Waals surface area contributed by atoms with E-state index in [0.717, 1.165) is 10.0 Å². The van der Waals surface area contributed by atoms with Crippen LogP contribution in [-0.2, 0) is 0 Å². The van der Waals surface area contributed by atoms with Crippen LogP contribution < -0.4 is 4.74 Å². The average Bonchev–Trinajstić information content (AvgIpc) is 2.33. The first-order chi connectivity index (χ1) is 5.68. The summed E-state index contributed by atoms with van der Waals surface area (Å²) < 4.78 is 6.03. The molecule has 0 amide bonds. The molecule has 0 bridgehead atoms. The molecule has 2 rings (SSSR count). The monoisotopic (exact) mass is 248 g/mol. The number of ether oxygens (including phenoxy) is 1. The second kappa shape index (κ2) is 2.91. The number of fused-ring (bicyclic) bond motifs is 1. The lowest BCUT2D eigenvalue weighted by Gasteiger charge is -2.02. The zero-order valence-electron chi connectivity index (χ0n) is 6.05. The van der Waals surface area contributed by atoms with Gasteiger partial charge in [0.25, 0.3) is 0 Å². The fourth-order valence-corrected chi connectivity index (χ4v) is 2.18. The molecule has 1 N–H and O–H groups in total. The summed E-state index contributed by atoms with van der Waals surface area (Å²) in [6.07, 6.45) is -0.546. The summed E-state index contributed by atoms with van der Waals surface area (Å²) in [6, 6.07) is 3.47. The van der Waals surface area contributed by atoms with Crippen LogP contribution in [-0.4, -0.2) is 11.7 Å². The Morgan fingerprint density at radius 3 is 3.08 bits per heavy atom. The van der Waals surface area contributed by atoms with Crippen molar-refractivity contribution in [3.05, 3.63) is 27.2 Å². The van der Waals surface area contributed by atoms with E-state index in [-0.39, 0.29) is 0 Å². The van der Waals surface area contributed by atoms with Crippen LogP contribution in [0, 0.1) is 0 Å². The largest absolute Gasteiger partial charge is 0.489 e. The lowest BCUT2D eigenvalue weighted by Crippen LogP contribution is -1.97. The van der Waals surface area contributed by atoms with Crippen LogP contribution in [0.2, 0.25) is 5.02 Å². The molecule has 0 saturated heterocycles. The molecule has 2 nitrogen and oxygen atoms in total. The predicted molar refractivity (Wildman–Crippen MR) is 49.6 cm³/mol. The van der Waals surface area contributed by atoms with Gasteiger partial charge in [-0.25, -0.2) is 0 Å². The van der Waals surface area contributed by atoms with E-state index in [0.29, 0.717) is 17.4 Å². The minimum Gasteiger partial charge on any atom is -0.489 e. The first-order valence-electron chi connectivity index (χ1n) is 3.48. The van der Waals surface area contributed by atoms with Crippen LogP contribution in [0.15, 0.2) is 16.6 Å². The van der Waals surface area contributed by atoms with Gasteiger partial charge in [0.1, 0.15) is 18.5 Å². The fourth-order valence-electron chi connectivity index (χ4n) is 1.23. The Hall–Kier alpha value is -0.250. The Labute approximate surface area is 83.2 Å². The summed E-state index contributed by atoms with van der Waals surface area (Å²) in [5.41, 5.74) is 0.759. The molecule has 12 heavy (non-hydrogen) atoms. The van der Waals surface area contributed by atoms with E-state index >= 15 is 0 Å². The van der Waals surface area contributed by atoms with E-state index in [1.165, 1.54) is 0 Å². The summed E-state index contributed by atoms with van der Waals surface area (Å²) in [5.74, 6) is 0.701. The predicted octanol–water partition coefficient (Wildman–Crippen LogP) is 2.53. The molecular weight excluding hydrogens is 243 g/mol. The van der Waals surface area contributed by atoms with Crippen LogP contribution in [0.5, 0.6) is 5.75 Å². The van der Waals surface area contributed by atoms with Crippen LogP contribution >= 0.6 is 27.5 Å². The van der Waals surface area contributed by atoms with Gasteiger partial charge in [-0.1, -0.05) is 11.6 Å². The number of halogens is 2. The maximum absolute atomic E-state index is 9.43. The molecule has 1 aromatic rings. The Morgan fingerprint density at radius 2 is 2.33 bits per heavy atom. The second-order valence-electron chi connectivity index (χ2n) is 2.63. The third kappa shape index (κ3) is 1.22.